The van der Waals surface area contributed by atoms with Crippen LogP contribution in [-0.4, -0.2) is 28.7 Å². The molecule has 0 aromatic heterocycles. The van der Waals surface area contributed by atoms with E-state index in [2.05, 4.69) is 0 Å². The predicted octanol–water partition coefficient (Wildman–Crippen LogP) is 3.84. The fourth-order valence-corrected chi connectivity index (χ4v) is 3.86. The molecular weight excluding hydrogens is 402 g/mol. The zero-order chi connectivity index (χ0) is 22.7. The van der Waals surface area contributed by atoms with Crippen LogP contribution in [0, 0.1) is 18.3 Å². The molecule has 1 fully saturated rings. The molecule has 6 nitrogen and oxygen atoms in total. The molecule has 1 aliphatic rings. The summed E-state index contributed by atoms with van der Waals surface area (Å²) >= 11 is 0. The van der Waals surface area contributed by atoms with Crippen molar-refractivity contribution in [3.63, 3.8) is 0 Å². The van der Waals surface area contributed by atoms with E-state index in [1.54, 1.807) is 42.5 Å². The van der Waals surface area contributed by atoms with Gasteiger partial charge in [0, 0.05) is 12.1 Å². The minimum Gasteiger partial charge on any atom is -0.322 e. The quantitative estimate of drug-likeness (QED) is 0.584. The van der Waals surface area contributed by atoms with Gasteiger partial charge in [0.05, 0.1) is 23.7 Å². The van der Waals surface area contributed by atoms with E-state index in [1.807, 2.05) is 49.4 Å². The molecule has 3 aromatic rings. The minimum absolute atomic E-state index is 0.0940. The number of nitriles is 1. The van der Waals surface area contributed by atoms with Crippen LogP contribution in [0.25, 0.3) is 0 Å². The molecule has 0 N–H and O–H groups in total. The molecular formula is C26H21N3O3. The monoisotopic (exact) mass is 423 g/mol. The largest absolute Gasteiger partial charge is 0.322 e. The number of carbonyl (C=O) groups is 3. The average molecular weight is 423 g/mol. The summed E-state index contributed by atoms with van der Waals surface area (Å²) in [4.78, 5) is 42.2. The Kier molecular flexibility index (Phi) is 5.82. The lowest BCUT2D eigenvalue weighted by molar-refractivity contribution is -0.122. The number of carbonyl (C=O) groups excluding carboxylic acids is 3. The molecule has 1 heterocycles. The van der Waals surface area contributed by atoms with E-state index in [0.717, 1.165) is 16.0 Å². The SMILES string of the molecule is Cc1cccc(C(=O)N(Cc2ccccc2)C2CC(=O)N(c3ccc(C#N)cc3)C2=O)c1. The minimum atomic E-state index is -0.911. The summed E-state index contributed by atoms with van der Waals surface area (Å²) in [6.45, 7) is 2.10. The molecule has 1 atom stereocenters. The number of imide groups is 1. The van der Waals surface area contributed by atoms with Crippen molar-refractivity contribution in [2.45, 2.75) is 25.9 Å². The molecule has 158 valence electrons. The maximum Gasteiger partial charge on any atom is 0.257 e. The molecule has 32 heavy (non-hydrogen) atoms. The van der Waals surface area contributed by atoms with Gasteiger partial charge >= 0.3 is 0 Å². The van der Waals surface area contributed by atoms with E-state index in [1.165, 1.54) is 4.90 Å². The maximum atomic E-state index is 13.5. The van der Waals surface area contributed by atoms with Crippen LogP contribution in [0.5, 0.6) is 0 Å². The number of rotatable bonds is 5. The third kappa shape index (κ3) is 4.14. The molecule has 0 spiro atoms. The number of benzene rings is 3. The van der Waals surface area contributed by atoms with Gasteiger partial charge in [-0.1, -0.05) is 48.0 Å². The molecule has 1 saturated heterocycles. The molecule has 3 aromatic carbocycles. The maximum absolute atomic E-state index is 13.5. The predicted molar refractivity (Wildman–Crippen MR) is 120 cm³/mol. The number of hydrogen-bond acceptors (Lipinski definition) is 4. The Labute approximate surface area is 186 Å². The van der Waals surface area contributed by atoms with E-state index >= 15 is 0 Å². The van der Waals surface area contributed by atoms with E-state index in [4.69, 9.17) is 5.26 Å². The van der Waals surface area contributed by atoms with E-state index in [-0.39, 0.29) is 24.8 Å². The second-order valence-electron chi connectivity index (χ2n) is 7.73. The smallest absolute Gasteiger partial charge is 0.257 e. The average Bonchev–Trinajstić information content (AvgIpc) is 3.11. The zero-order valence-corrected chi connectivity index (χ0v) is 17.6. The lowest BCUT2D eigenvalue weighted by Crippen LogP contribution is -2.45. The Balaban J connectivity index is 1.68. The van der Waals surface area contributed by atoms with Crippen LogP contribution in [0.1, 0.15) is 33.5 Å². The first-order valence-corrected chi connectivity index (χ1v) is 10.3. The van der Waals surface area contributed by atoms with Crippen LogP contribution in [-0.2, 0) is 16.1 Å². The van der Waals surface area contributed by atoms with Crippen molar-refractivity contribution >= 4 is 23.4 Å². The van der Waals surface area contributed by atoms with Gasteiger partial charge in [-0.3, -0.25) is 14.4 Å². The van der Waals surface area contributed by atoms with Crippen molar-refractivity contribution in [1.29, 1.82) is 5.26 Å². The molecule has 0 saturated carbocycles. The zero-order valence-electron chi connectivity index (χ0n) is 17.6. The van der Waals surface area contributed by atoms with Gasteiger partial charge in [0.2, 0.25) is 5.91 Å². The molecule has 4 rings (SSSR count). The molecule has 0 aliphatic carbocycles. The highest BCUT2D eigenvalue weighted by Gasteiger charge is 2.44. The normalized spacial score (nSPS) is 15.5. The first-order valence-electron chi connectivity index (χ1n) is 10.3. The number of nitrogens with zero attached hydrogens (tertiary/aromatic N) is 3. The fraction of sp³-hybridized carbons (Fsp3) is 0.154. The van der Waals surface area contributed by atoms with E-state index in [0.29, 0.717) is 16.8 Å². The van der Waals surface area contributed by atoms with Gasteiger partial charge in [0.25, 0.3) is 11.8 Å². The van der Waals surface area contributed by atoms with Gasteiger partial charge in [0.15, 0.2) is 0 Å². The van der Waals surface area contributed by atoms with Crippen LogP contribution in [0.3, 0.4) is 0 Å². The highest BCUT2D eigenvalue weighted by atomic mass is 16.2. The number of hydrogen-bond donors (Lipinski definition) is 0. The molecule has 0 bridgehead atoms. The third-order valence-electron chi connectivity index (χ3n) is 5.48. The topological polar surface area (TPSA) is 81.5 Å². The van der Waals surface area contributed by atoms with Crippen LogP contribution in [0.2, 0.25) is 0 Å². The van der Waals surface area contributed by atoms with Gasteiger partial charge in [-0.15, -0.1) is 0 Å². The Morgan fingerprint density at radius 3 is 2.41 bits per heavy atom. The van der Waals surface area contributed by atoms with Crippen LogP contribution in [0.15, 0.2) is 78.9 Å². The van der Waals surface area contributed by atoms with Gasteiger partial charge in [-0.25, -0.2) is 4.90 Å². The Bertz CT molecular complexity index is 1210. The highest BCUT2D eigenvalue weighted by molar-refractivity contribution is 6.23. The summed E-state index contributed by atoms with van der Waals surface area (Å²) in [5.74, 6) is -1.12. The third-order valence-corrected chi connectivity index (χ3v) is 5.48. The van der Waals surface area contributed by atoms with Crippen molar-refractivity contribution in [2.24, 2.45) is 0 Å². The van der Waals surface area contributed by atoms with Crippen molar-refractivity contribution < 1.29 is 14.4 Å². The Hall–Kier alpha value is -4.24. The van der Waals surface area contributed by atoms with Crippen molar-refractivity contribution in [2.75, 3.05) is 4.90 Å². The highest BCUT2D eigenvalue weighted by Crippen LogP contribution is 2.28. The summed E-state index contributed by atoms with van der Waals surface area (Å²) < 4.78 is 0. The standard InChI is InChI=1S/C26H21N3O3/c1-18-6-5-9-21(14-18)25(31)28(17-20-7-3-2-4-8-20)23-15-24(30)29(26(23)32)22-12-10-19(16-27)11-13-22/h2-14,23H,15,17H2,1H3. The summed E-state index contributed by atoms with van der Waals surface area (Å²) in [6.07, 6.45) is -0.0940. The molecule has 3 amide bonds. The number of aryl methyl sites for hydroxylation is 1. The van der Waals surface area contributed by atoms with Gasteiger partial charge in [-0.05, 0) is 48.9 Å². The second kappa shape index (κ2) is 8.86. The second-order valence-corrected chi connectivity index (χ2v) is 7.73. The van der Waals surface area contributed by atoms with E-state index in [9.17, 15) is 14.4 Å². The lowest BCUT2D eigenvalue weighted by Gasteiger charge is -2.28. The molecule has 0 radical (unpaired) electrons. The number of amides is 3. The molecule has 6 heteroatoms. The number of anilines is 1. The van der Waals surface area contributed by atoms with Gasteiger partial charge in [-0.2, -0.15) is 5.26 Å². The van der Waals surface area contributed by atoms with Crippen molar-refractivity contribution in [3.8, 4) is 6.07 Å². The Morgan fingerprint density at radius 1 is 1.03 bits per heavy atom. The van der Waals surface area contributed by atoms with Crippen molar-refractivity contribution in [3.05, 3.63) is 101 Å². The summed E-state index contributed by atoms with van der Waals surface area (Å²) in [6, 6.07) is 23.9. The first-order chi connectivity index (χ1) is 15.5. The van der Waals surface area contributed by atoms with Gasteiger partial charge in [0.1, 0.15) is 6.04 Å². The summed E-state index contributed by atoms with van der Waals surface area (Å²) in [7, 11) is 0. The van der Waals surface area contributed by atoms with Crippen LogP contribution >= 0.6 is 0 Å². The molecule has 1 unspecified atom stereocenters. The Morgan fingerprint density at radius 2 is 1.75 bits per heavy atom. The summed E-state index contributed by atoms with van der Waals surface area (Å²) in [5, 5.41) is 9.00. The molecule has 1 aliphatic heterocycles. The van der Waals surface area contributed by atoms with Crippen LogP contribution in [0.4, 0.5) is 5.69 Å². The van der Waals surface area contributed by atoms with Crippen molar-refractivity contribution in [1.82, 2.24) is 4.90 Å². The lowest BCUT2D eigenvalue weighted by atomic mass is 10.1. The summed E-state index contributed by atoms with van der Waals surface area (Å²) in [5.41, 5.74) is 3.10. The fourth-order valence-electron chi connectivity index (χ4n) is 3.86. The van der Waals surface area contributed by atoms with Gasteiger partial charge < -0.3 is 4.90 Å². The first kappa shape index (κ1) is 21.0. The van der Waals surface area contributed by atoms with Crippen LogP contribution < -0.4 is 4.90 Å². The van der Waals surface area contributed by atoms with E-state index < -0.39 is 11.9 Å².